The molecule has 0 fully saturated rings. The summed E-state index contributed by atoms with van der Waals surface area (Å²) in [6.07, 6.45) is 4.93. The molecule has 1 aliphatic rings. The van der Waals surface area contributed by atoms with Gasteiger partial charge in [0.15, 0.2) is 0 Å². The average molecular weight is 229 g/mol. The summed E-state index contributed by atoms with van der Waals surface area (Å²) in [6, 6.07) is 8.31. The first-order valence-corrected chi connectivity index (χ1v) is 5.25. The SMILES string of the molecule is N#CC1=CN(Cc2ccc(F)cc2)C(N)C=C1. The summed E-state index contributed by atoms with van der Waals surface area (Å²) in [5, 5.41) is 8.81. The monoisotopic (exact) mass is 229 g/mol. The lowest BCUT2D eigenvalue weighted by molar-refractivity contribution is 0.312. The van der Waals surface area contributed by atoms with E-state index >= 15 is 0 Å². The van der Waals surface area contributed by atoms with Gasteiger partial charge < -0.3 is 10.6 Å². The largest absolute Gasteiger partial charge is 0.353 e. The molecule has 1 heterocycles. The second-order valence-electron chi connectivity index (χ2n) is 3.84. The van der Waals surface area contributed by atoms with Crippen molar-refractivity contribution in [2.45, 2.75) is 12.7 Å². The number of hydrogen-bond donors (Lipinski definition) is 1. The molecule has 1 aromatic rings. The van der Waals surface area contributed by atoms with Crippen LogP contribution in [0.3, 0.4) is 0 Å². The second-order valence-corrected chi connectivity index (χ2v) is 3.84. The second kappa shape index (κ2) is 4.81. The molecular weight excluding hydrogens is 217 g/mol. The Bertz CT molecular complexity index is 496. The van der Waals surface area contributed by atoms with Crippen molar-refractivity contribution < 1.29 is 4.39 Å². The Morgan fingerprint density at radius 1 is 1.35 bits per heavy atom. The molecule has 0 saturated carbocycles. The van der Waals surface area contributed by atoms with Gasteiger partial charge in [-0.05, 0) is 29.8 Å². The zero-order chi connectivity index (χ0) is 12.3. The van der Waals surface area contributed by atoms with Crippen molar-refractivity contribution in [1.82, 2.24) is 4.90 Å². The first-order valence-electron chi connectivity index (χ1n) is 5.25. The summed E-state index contributed by atoms with van der Waals surface area (Å²) in [5.74, 6) is -0.259. The molecule has 0 bridgehead atoms. The minimum atomic E-state index is -0.259. The molecule has 0 aliphatic carbocycles. The molecule has 1 atom stereocenters. The van der Waals surface area contributed by atoms with E-state index in [0.29, 0.717) is 12.1 Å². The predicted octanol–water partition coefficient (Wildman–Crippen LogP) is 1.89. The Kier molecular flexibility index (Phi) is 3.22. The van der Waals surface area contributed by atoms with Crippen molar-refractivity contribution in [3.8, 4) is 6.07 Å². The predicted molar refractivity (Wildman–Crippen MR) is 62.8 cm³/mol. The van der Waals surface area contributed by atoms with E-state index in [4.69, 9.17) is 11.0 Å². The molecule has 0 spiro atoms. The molecular formula is C13H12FN3. The minimum absolute atomic E-state index is 0.253. The number of allylic oxidation sites excluding steroid dienone is 2. The van der Waals surface area contributed by atoms with Crippen molar-refractivity contribution in [2.24, 2.45) is 5.73 Å². The first-order chi connectivity index (χ1) is 8.19. The van der Waals surface area contributed by atoms with Crippen LogP contribution in [0.15, 0.2) is 48.2 Å². The van der Waals surface area contributed by atoms with Gasteiger partial charge in [0.05, 0.1) is 11.7 Å². The van der Waals surface area contributed by atoms with Crippen LogP contribution in [-0.2, 0) is 6.54 Å². The van der Waals surface area contributed by atoms with E-state index in [1.807, 2.05) is 4.90 Å². The Morgan fingerprint density at radius 2 is 2.06 bits per heavy atom. The fourth-order valence-corrected chi connectivity index (χ4v) is 1.64. The van der Waals surface area contributed by atoms with E-state index in [0.717, 1.165) is 5.56 Å². The Labute approximate surface area is 99.3 Å². The quantitative estimate of drug-likeness (QED) is 0.842. The number of nitrogens with zero attached hydrogens (tertiary/aromatic N) is 2. The molecule has 4 heteroatoms. The average Bonchev–Trinajstić information content (AvgIpc) is 2.35. The highest BCUT2D eigenvalue weighted by atomic mass is 19.1. The fourth-order valence-electron chi connectivity index (χ4n) is 1.64. The molecule has 1 aromatic carbocycles. The summed E-state index contributed by atoms with van der Waals surface area (Å²) in [7, 11) is 0. The molecule has 2 rings (SSSR count). The van der Waals surface area contributed by atoms with Crippen LogP contribution in [-0.4, -0.2) is 11.1 Å². The number of hydrogen-bond acceptors (Lipinski definition) is 3. The molecule has 0 saturated heterocycles. The van der Waals surface area contributed by atoms with E-state index in [1.165, 1.54) is 12.1 Å². The highest BCUT2D eigenvalue weighted by Gasteiger charge is 2.13. The van der Waals surface area contributed by atoms with Crippen molar-refractivity contribution in [2.75, 3.05) is 0 Å². The van der Waals surface area contributed by atoms with Crippen LogP contribution in [0.2, 0.25) is 0 Å². The summed E-state index contributed by atoms with van der Waals surface area (Å²) in [4.78, 5) is 1.84. The van der Waals surface area contributed by atoms with Crippen LogP contribution in [0.4, 0.5) is 4.39 Å². The molecule has 2 N–H and O–H groups in total. The van der Waals surface area contributed by atoms with Crippen LogP contribution < -0.4 is 5.73 Å². The number of rotatable bonds is 2. The smallest absolute Gasteiger partial charge is 0.123 e. The van der Waals surface area contributed by atoms with Gasteiger partial charge in [0.2, 0.25) is 0 Å². The molecule has 86 valence electrons. The molecule has 0 amide bonds. The van der Waals surface area contributed by atoms with Gasteiger partial charge in [-0.2, -0.15) is 5.26 Å². The van der Waals surface area contributed by atoms with Gasteiger partial charge in [0, 0.05) is 12.7 Å². The van der Waals surface area contributed by atoms with Crippen molar-refractivity contribution in [1.29, 1.82) is 5.26 Å². The number of benzene rings is 1. The van der Waals surface area contributed by atoms with E-state index in [-0.39, 0.29) is 12.0 Å². The normalized spacial score (nSPS) is 18.8. The summed E-state index contributed by atoms with van der Waals surface area (Å²) in [5.41, 5.74) is 7.40. The van der Waals surface area contributed by atoms with E-state index in [2.05, 4.69) is 6.07 Å². The van der Waals surface area contributed by atoms with Gasteiger partial charge in [-0.3, -0.25) is 0 Å². The van der Waals surface area contributed by atoms with E-state index in [1.54, 1.807) is 30.5 Å². The van der Waals surface area contributed by atoms with Gasteiger partial charge in [-0.25, -0.2) is 4.39 Å². The van der Waals surface area contributed by atoms with Crippen LogP contribution >= 0.6 is 0 Å². The molecule has 17 heavy (non-hydrogen) atoms. The summed E-state index contributed by atoms with van der Waals surface area (Å²) in [6.45, 7) is 0.553. The minimum Gasteiger partial charge on any atom is -0.353 e. The number of nitriles is 1. The topological polar surface area (TPSA) is 53.0 Å². The third kappa shape index (κ3) is 2.71. The zero-order valence-corrected chi connectivity index (χ0v) is 9.18. The van der Waals surface area contributed by atoms with Gasteiger partial charge in [-0.1, -0.05) is 12.1 Å². The maximum Gasteiger partial charge on any atom is 0.123 e. The molecule has 1 unspecified atom stereocenters. The van der Waals surface area contributed by atoms with Crippen molar-refractivity contribution >= 4 is 0 Å². The van der Waals surface area contributed by atoms with Gasteiger partial charge in [-0.15, -0.1) is 0 Å². The van der Waals surface area contributed by atoms with Gasteiger partial charge in [0.1, 0.15) is 11.9 Å². The van der Waals surface area contributed by atoms with Gasteiger partial charge >= 0.3 is 0 Å². The lowest BCUT2D eigenvalue weighted by atomic mass is 10.1. The third-order valence-electron chi connectivity index (χ3n) is 2.57. The van der Waals surface area contributed by atoms with Gasteiger partial charge in [0.25, 0.3) is 0 Å². The van der Waals surface area contributed by atoms with Crippen LogP contribution in [0.5, 0.6) is 0 Å². The van der Waals surface area contributed by atoms with E-state index in [9.17, 15) is 4.39 Å². The summed E-state index contributed by atoms with van der Waals surface area (Å²) >= 11 is 0. The molecule has 0 radical (unpaired) electrons. The lowest BCUT2D eigenvalue weighted by Crippen LogP contribution is -2.37. The number of halogens is 1. The molecule has 0 aromatic heterocycles. The lowest BCUT2D eigenvalue weighted by Gasteiger charge is -2.28. The van der Waals surface area contributed by atoms with Crippen LogP contribution in [0.25, 0.3) is 0 Å². The highest BCUT2D eigenvalue weighted by molar-refractivity contribution is 5.36. The Morgan fingerprint density at radius 3 is 2.71 bits per heavy atom. The fraction of sp³-hybridized carbons (Fsp3) is 0.154. The Hall–Kier alpha value is -2.12. The zero-order valence-electron chi connectivity index (χ0n) is 9.18. The highest BCUT2D eigenvalue weighted by Crippen LogP contribution is 2.14. The standard InChI is InChI=1S/C13H12FN3/c14-12-4-1-10(2-5-12)8-17-9-11(7-15)3-6-13(17)16/h1-6,9,13H,8,16H2. The molecule has 3 nitrogen and oxygen atoms in total. The van der Waals surface area contributed by atoms with Crippen LogP contribution in [0, 0.1) is 17.1 Å². The number of nitrogens with two attached hydrogens (primary N) is 1. The van der Waals surface area contributed by atoms with E-state index < -0.39 is 0 Å². The molecule has 1 aliphatic heterocycles. The Balaban J connectivity index is 2.13. The third-order valence-corrected chi connectivity index (χ3v) is 2.57. The van der Waals surface area contributed by atoms with Crippen molar-refractivity contribution in [3.05, 3.63) is 59.6 Å². The van der Waals surface area contributed by atoms with Crippen molar-refractivity contribution in [3.63, 3.8) is 0 Å². The maximum absolute atomic E-state index is 12.8. The van der Waals surface area contributed by atoms with Crippen LogP contribution in [0.1, 0.15) is 5.56 Å². The maximum atomic E-state index is 12.8. The first kappa shape index (κ1) is 11.4. The summed E-state index contributed by atoms with van der Waals surface area (Å²) < 4.78 is 12.8.